The van der Waals surface area contributed by atoms with E-state index in [0.717, 1.165) is 5.56 Å². The van der Waals surface area contributed by atoms with E-state index >= 15 is 0 Å². The van der Waals surface area contributed by atoms with Gasteiger partial charge in [0.1, 0.15) is 12.4 Å². The van der Waals surface area contributed by atoms with Gasteiger partial charge < -0.3 is 10.4 Å². The normalized spacial score (nSPS) is 9.62. The third-order valence-electron chi connectivity index (χ3n) is 2.74. The largest absolute Gasteiger partial charge is 0.384 e. The van der Waals surface area contributed by atoms with Crippen LogP contribution in [0.2, 0.25) is 0 Å². The Hall–Kier alpha value is -2.64. The molecule has 0 aliphatic rings. The number of carbonyl (C=O) groups is 1. The summed E-state index contributed by atoms with van der Waals surface area (Å²) in [6.45, 7) is -0.207. The summed E-state index contributed by atoms with van der Waals surface area (Å²) in [6, 6.07) is 12.9. The molecule has 2 aromatic rings. The number of aliphatic hydroxyl groups excluding tert-OH is 1. The Morgan fingerprint density at radius 1 is 1.19 bits per heavy atom. The van der Waals surface area contributed by atoms with Crippen LogP contribution in [0.4, 0.5) is 10.1 Å². The first-order chi connectivity index (χ1) is 10.2. The predicted molar refractivity (Wildman–Crippen MR) is 79.1 cm³/mol. The molecular formula is C17H14FNO2. The van der Waals surface area contributed by atoms with E-state index < -0.39 is 0 Å². The highest BCUT2D eigenvalue weighted by molar-refractivity contribution is 5.92. The zero-order valence-corrected chi connectivity index (χ0v) is 11.3. The molecule has 0 fully saturated rings. The molecule has 0 heterocycles. The average molecular weight is 283 g/mol. The minimum absolute atomic E-state index is 0.173. The lowest BCUT2D eigenvalue weighted by molar-refractivity contribution is -0.115. The molecule has 2 N–H and O–H groups in total. The van der Waals surface area contributed by atoms with Crippen molar-refractivity contribution >= 4 is 11.6 Å². The number of nitrogens with one attached hydrogen (secondary N) is 1. The number of benzene rings is 2. The van der Waals surface area contributed by atoms with Crippen LogP contribution < -0.4 is 5.32 Å². The summed E-state index contributed by atoms with van der Waals surface area (Å²) in [5.74, 6) is 4.81. The van der Waals surface area contributed by atoms with Gasteiger partial charge in [-0.1, -0.05) is 30.0 Å². The maximum atomic E-state index is 12.8. The molecule has 2 rings (SSSR count). The monoisotopic (exact) mass is 283 g/mol. The fraction of sp³-hybridized carbons (Fsp3) is 0.118. The average Bonchev–Trinajstić information content (AvgIpc) is 2.48. The molecule has 106 valence electrons. The number of rotatable bonds is 3. The zero-order chi connectivity index (χ0) is 15.1. The Balaban J connectivity index is 2.00. The first-order valence-corrected chi connectivity index (χ1v) is 6.41. The molecule has 0 aliphatic carbocycles. The van der Waals surface area contributed by atoms with Crippen molar-refractivity contribution in [3.63, 3.8) is 0 Å². The second-order valence-corrected chi connectivity index (χ2v) is 4.39. The van der Waals surface area contributed by atoms with Crippen LogP contribution >= 0.6 is 0 Å². The molecule has 0 aliphatic heterocycles. The minimum atomic E-state index is -0.325. The van der Waals surface area contributed by atoms with Crippen molar-refractivity contribution in [1.82, 2.24) is 0 Å². The second kappa shape index (κ2) is 7.22. The van der Waals surface area contributed by atoms with Gasteiger partial charge in [-0.05, 0) is 35.9 Å². The van der Waals surface area contributed by atoms with Gasteiger partial charge in [-0.15, -0.1) is 0 Å². The summed E-state index contributed by atoms with van der Waals surface area (Å²) in [5.41, 5.74) is 2.08. The molecule has 0 spiro atoms. The molecule has 0 saturated heterocycles. The van der Waals surface area contributed by atoms with Crippen LogP contribution in [0, 0.1) is 17.7 Å². The molecule has 1 amide bonds. The first-order valence-electron chi connectivity index (χ1n) is 6.41. The number of hydrogen-bond acceptors (Lipinski definition) is 2. The lowest BCUT2D eigenvalue weighted by Gasteiger charge is -2.06. The van der Waals surface area contributed by atoms with Crippen LogP contribution in [0.15, 0.2) is 48.5 Å². The van der Waals surface area contributed by atoms with E-state index in [2.05, 4.69) is 17.2 Å². The predicted octanol–water partition coefficient (Wildman–Crippen LogP) is 2.35. The van der Waals surface area contributed by atoms with Crippen LogP contribution in [0.3, 0.4) is 0 Å². The molecule has 0 bridgehead atoms. The summed E-state index contributed by atoms with van der Waals surface area (Å²) in [5, 5.41) is 11.4. The zero-order valence-electron chi connectivity index (χ0n) is 11.3. The summed E-state index contributed by atoms with van der Waals surface area (Å²) in [6.07, 6.45) is 0.173. The summed E-state index contributed by atoms with van der Waals surface area (Å²) < 4.78 is 12.8. The van der Waals surface area contributed by atoms with Crippen molar-refractivity contribution < 1.29 is 14.3 Å². The van der Waals surface area contributed by atoms with Gasteiger partial charge in [0.25, 0.3) is 0 Å². The van der Waals surface area contributed by atoms with Crippen molar-refractivity contribution in [2.75, 3.05) is 11.9 Å². The van der Waals surface area contributed by atoms with Gasteiger partial charge in [0.2, 0.25) is 5.91 Å². The van der Waals surface area contributed by atoms with E-state index in [9.17, 15) is 9.18 Å². The molecule has 0 aromatic heterocycles. The van der Waals surface area contributed by atoms with Crippen LogP contribution in [-0.2, 0) is 11.2 Å². The van der Waals surface area contributed by atoms with Crippen molar-refractivity contribution in [2.45, 2.75) is 6.42 Å². The standard InChI is InChI=1S/C17H14FNO2/c18-15-8-6-14(7-9-15)12-17(21)19-16-5-1-3-13(11-16)4-2-10-20/h1,3,5-9,11,20H,10,12H2,(H,19,21). The highest BCUT2D eigenvalue weighted by Gasteiger charge is 2.04. The molecular weight excluding hydrogens is 269 g/mol. The third kappa shape index (κ3) is 4.75. The molecule has 0 atom stereocenters. The molecule has 0 radical (unpaired) electrons. The highest BCUT2D eigenvalue weighted by atomic mass is 19.1. The van der Waals surface area contributed by atoms with E-state index in [0.29, 0.717) is 11.3 Å². The molecule has 0 unspecified atom stereocenters. The number of amides is 1. The van der Waals surface area contributed by atoms with Gasteiger partial charge in [0, 0.05) is 11.3 Å². The maximum absolute atomic E-state index is 12.8. The second-order valence-electron chi connectivity index (χ2n) is 4.39. The van der Waals surface area contributed by atoms with Gasteiger partial charge in [0.15, 0.2) is 0 Å². The van der Waals surface area contributed by atoms with E-state index in [1.807, 2.05) is 0 Å². The van der Waals surface area contributed by atoms with Gasteiger partial charge >= 0.3 is 0 Å². The third-order valence-corrected chi connectivity index (χ3v) is 2.74. The Kier molecular flexibility index (Phi) is 5.08. The number of hydrogen-bond donors (Lipinski definition) is 2. The molecule has 4 heteroatoms. The fourth-order valence-corrected chi connectivity index (χ4v) is 1.81. The van der Waals surface area contributed by atoms with Crippen molar-refractivity contribution in [3.05, 3.63) is 65.5 Å². The van der Waals surface area contributed by atoms with E-state index in [4.69, 9.17) is 5.11 Å². The van der Waals surface area contributed by atoms with E-state index in [-0.39, 0.29) is 24.8 Å². The number of anilines is 1. The van der Waals surface area contributed by atoms with Gasteiger partial charge in [0.05, 0.1) is 6.42 Å². The number of aliphatic hydroxyl groups is 1. The lowest BCUT2D eigenvalue weighted by Crippen LogP contribution is -2.14. The Morgan fingerprint density at radius 2 is 1.95 bits per heavy atom. The molecule has 21 heavy (non-hydrogen) atoms. The SMILES string of the molecule is O=C(Cc1ccc(F)cc1)Nc1cccc(C#CCO)c1. The topological polar surface area (TPSA) is 49.3 Å². The number of halogens is 1. The van der Waals surface area contributed by atoms with Crippen molar-refractivity contribution in [3.8, 4) is 11.8 Å². The Labute approximate surface area is 122 Å². The van der Waals surface area contributed by atoms with Crippen LogP contribution in [-0.4, -0.2) is 17.6 Å². The van der Waals surface area contributed by atoms with Gasteiger partial charge in [-0.2, -0.15) is 0 Å². The van der Waals surface area contributed by atoms with Crippen LogP contribution in [0.25, 0.3) is 0 Å². The molecule has 3 nitrogen and oxygen atoms in total. The highest BCUT2D eigenvalue weighted by Crippen LogP contribution is 2.11. The quantitative estimate of drug-likeness (QED) is 0.850. The van der Waals surface area contributed by atoms with Crippen LogP contribution in [0.5, 0.6) is 0 Å². The molecule has 2 aromatic carbocycles. The van der Waals surface area contributed by atoms with Gasteiger partial charge in [-0.25, -0.2) is 4.39 Å². The van der Waals surface area contributed by atoms with E-state index in [1.165, 1.54) is 12.1 Å². The molecule has 0 saturated carbocycles. The first kappa shape index (κ1) is 14.8. The van der Waals surface area contributed by atoms with Gasteiger partial charge in [-0.3, -0.25) is 4.79 Å². The number of carbonyl (C=O) groups excluding carboxylic acids is 1. The fourth-order valence-electron chi connectivity index (χ4n) is 1.81. The lowest BCUT2D eigenvalue weighted by atomic mass is 10.1. The smallest absolute Gasteiger partial charge is 0.228 e. The minimum Gasteiger partial charge on any atom is -0.384 e. The van der Waals surface area contributed by atoms with Crippen molar-refractivity contribution in [1.29, 1.82) is 0 Å². The maximum Gasteiger partial charge on any atom is 0.228 e. The summed E-state index contributed by atoms with van der Waals surface area (Å²) in [7, 11) is 0. The summed E-state index contributed by atoms with van der Waals surface area (Å²) in [4.78, 5) is 11.9. The van der Waals surface area contributed by atoms with E-state index in [1.54, 1.807) is 36.4 Å². The van der Waals surface area contributed by atoms with Crippen molar-refractivity contribution in [2.24, 2.45) is 0 Å². The Morgan fingerprint density at radius 3 is 2.67 bits per heavy atom. The Bertz CT molecular complexity index is 684. The van der Waals surface area contributed by atoms with Crippen LogP contribution in [0.1, 0.15) is 11.1 Å². The summed E-state index contributed by atoms with van der Waals surface area (Å²) >= 11 is 0.